The van der Waals surface area contributed by atoms with Crippen LogP contribution in [0.15, 0.2) is 30.6 Å². The first-order valence-corrected chi connectivity index (χ1v) is 4.68. The topological polar surface area (TPSA) is 69.9 Å². The van der Waals surface area contributed by atoms with Crippen molar-refractivity contribution >= 4 is 28.4 Å². The van der Waals surface area contributed by atoms with E-state index in [1.807, 2.05) is 0 Å². The first-order chi connectivity index (χ1) is 7.52. The van der Waals surface area contributed by atoms with Crippen molar-refractivity contribution in [3.63, 3.8) is 0 Å². The zero-order valence-electron chi connectivity index (χ0n) is 8.18. The molecule has 0 saturated heterocycles. The quantitative estimate of drug-likeness (QED) is 0.748. The Morgan fingerprint density at radius 1 is 1.31 bits per heavy atom. The minimum Gasteiger partial charge on any atom is -0.377 e. The summed E-state index contributed by atoms with van der Waals surface area (Å²) in [6.07, 6.45) is 1.15. The fraction of sp³-hybridized carbons (Fsp3) is 0.111. The van der Waals surface area contributed by atoms with Crippen molar-refractivity contribution in [1.82, 2.24) is 9.55 Å². The predicted molar refractivity (Wildman–Crippen MR) is 62.0 cm³/mol. The summed E-state index contributed by atoms with van der Waals surface area (Å²) in [6, 6.07) is 6.80. The van der Waals surface area contributed by atoms with Gasteiger partial charge in [-0.2, -0.15) is 8.78 Å². The molecule has 0 atom stereocenters. The molecule has 4 N–H and O–H groups in total. The summed E-state index contributed by atoms with van der Waals surface area (Å²) in [4.78, 5) is 3.82. The lowest BCUT2D eigenvalue weighted by atomic mass is 10.3. The smallest absolute Gasteiger partial charge is 0.320 e. The molecule has 0 bridgehead atoms. The van der Waals surface area contributed by atoms with Crippen LogP contribution in [-0.4, -0.2) is 14.7 Å². The van der Waals surface area contributed by atoms with Gasteiger partial charge in [0.05, 0.1) is 11.0 Å². The van der Waals surface area contributed by atoms with Crippen LogP contribution in [0.5, 0.6) is 0 Å². The minimum absolute atomic E-state index is 0.000000000000000222. The maximum Gasteiger partial charge on any atom is 0.320 e. The molecular weight excluding hydrogens is 234 g/mol. The summed E-state index contributed by atoms with van der Waals surface area (Å²) in [5, 5.41) is 0.000000000000000222. The fourth-order valence-corrected chi connectivity index (χ4v) is 1.13. The van der Waals surface area contributed by atoms with Gasteiger partial charge >= 0.3 is 6.55 Å². The van der Waals surface area contributed by atoms with Crippen molar-refractivity contribution in [2.45, 2.75) is 6.55 Å². The molecular formula is C9H10F2N4S. The normalized spacial score (nSPS) is 9.94. The highest BCUT2D eigenvalue weighted by Gasteiger charge is 2.08. The summed E-state index contributed by atoms with van der Waals surface area (Å²) >= 11 is 4.09. The second-order valence-electron chi connectivity index (χ2n) is 2.82. The third-order valence-corrected chi connectivity index (χ3v) is 1.69. The molecule has 0 amide bonds. The molecule has 0 aliphatic carbocycles. The summed E-state index contributed by atoms with van der Waals surface area (Å²) in [5.74, 6) is 0. The van der Waals surface area contributed by atoms with Gasteiger partial charge in [-0.15, -0.1) is 0 Å². The van der Waals surface area contributed by atoms with Crippen LogP contribution >= 0.6 is 12.2 Å². The molecule has 4 nitrogen and oxygen atoms in total. The fourth-order valence-electron chi connectivity index (χ4n) is 1.13. The van der Waals surface area contributed by atoms with E-state index < -0.39 is 6.55 Å². The molecule has 86 valence electrons. The van der Waals surface area contributed by atoms with Gasteiger partial charge in [-0.1, -0.05) is 12.1 Å². The van der Waals surface area contributed by atoms with Crippen LogP contribution in [0.2, 0.25) is 0 Å². The molecule has 2 aromatic rings. The van der Waals surface area contributed by atoms with Crippen LogP contribution in [-0.2, 0) is 0 Å². The van der Waals surface area contributed by atoms with E-state index in [0.29, 0.717) is 11.0 Å². The summed E-state index contributed by atoms with van der Waals surface area (Å²) in [5.41, 5.74) is 10.3. The Morgan fingerprint density at radius 3 is 2.44 bits per heavy atom. The largest absolute Gasteiger partial charge is 0.377 e. The lowest BCUT2D eigenvalue weighted by Gasteiger charge is -1.99. The monoisotopic (exact) mass is 244 g/mol. The number of hydrogen-bond donors (Lipinski definition) is 2. The van der Waals surface area contributed by atoms with E-state index in [9.17, 15) is 8.78 Å². The lowest BCUT2D eigenvalue weighted by molar-refractivity contribution is 0.0746. The molecule has 1 aromatic heterocycles. The van der Waals surface area contributed by atoms with Crippen LogP contribution < -0.4 is 11.5 Å². The highest BCUT2D eigenvalue weighted by molar-refractivity contribution is 7.80. The number of halogens is 2. The Hall–Kier alpha value is -1.76. The van der Waals surface area contributed by atoms with E-state index in [-0.39, 0.29) is 5.11 Å². The molecule has 7 heteroatoms. The number of nitrogens with zero attached hydrogens (tertiary/aromatic N) is 2. The average Bonchev–Trinajstić information content (AvgIpc) is 2.59. The molecule has 1 aromatic carbocycles. The average molecular weight is 244 g/mol. The number of fused-ring (bicyclic) bond motifs is 1. The van der Waals surface area contributed by atoms with E-state index in [0.717, 1.165) is 10.9 Å². The molecule has 1 heterocycles. The maximum atomic E-state index is 12.3. The van der Waals surface area contributed by atoms with Crippen molar-refractivity contribution in [3.05, 3.63) is 30.6 Å². The molecule has 0 radical (unpaired) electrons. The second kappa shape index (κ2) is 5.36. The molecule has 2 rings (SSSR count). The van der Waals surface area contributed by atoms with Gasteiger partial charge in [0.1, 0.15) is 6.33 Å². The number of rotatable bonds is 1. The van der Waals surface area contributed by atoms with E-state index in [2.05, 4.69) is 28.7 Å². The molecule has 0 aliphatic heterocycles. The van der Waals surface area contributed by atoms with Crippen LogP contribution in [0.1, 0.15) is 6.55 Å². The number of benzene rings is 1. The Labute approximate surface area is 95.9 Å². The Kier molecular flexibility index (Phi) is 4.12. The Balaban J connectivity index is 0.000000280. The van der Waals surface area contributed by atoms with E-state index in [1.165, 1.54) is 0 Å². The van der Waals surface area contributed by atoms with Gasteiger partial charge in [-0.25, -0.2) is 4.98 Å². The van der Waals surface area contributed by atoms with E-state index in [1.54, 1.807) is 24.3 Å². The molecule has 0 aliphatic rings. The van der Waals surface area contributed by atoms with Gasteiger partial charge in [-0.05, 0) is 24.4 Å². The van der Waals surface area contributed by atoms with Crippen LogP contribution in [0, 0.1) is 0 Å². The van der Waals surface area contributed by atoms with Crippen molar-refractivity contribution in [3.8, 4) is 0 Å². The van der Waals surface area contributed by atoms with Gasteiger partial charge in [0.15, 0.2) is 5.11 Å². The van der Waals surface area contributed by atoms with Gasteiger partial charge in [0, 0.05) is 0 Å². The number of imidazole rings is 1. The summed E-state index contributed by atoms with van der Waals surface area (Å²) in [6.45, 7) is -2.52. The zero-order valence-corrected chi connectivity index (χ0v) is 8.99. The van der Waals surface area contributed by atoms with Crippen LogP contribution in [0.25, 0.3) is 11.0 Å². The van der Waals surface area contributed by atoms with Crippen LogP contribution in [0.3, 0.4) is 0 Å². The first kappa shape index (κ1) is 12.3. The maximum absolute atomic E-state index is 12.3. The number of hydrogen-bond acceptors (Lipinski definition) is 2. The lowest BCUT2D eigenvalue weighted by Crippen LogP contribution is -2.18. The number of alkyl halides is 2. The van der Waals surface area contributed by atoms with E-state index >= 15 is 0 Å². The highest BCUT2D eigenvalue weighted by atomic mass is 32.1. The van der Waals surface area contributed by atoms with Crippen molar-refractivity contribution in [2.75, 3.05) is 0 Å². The van der Waals surface area contributed by atoms with Crippen LogP contribution in [0.4, 0.5) is 8.78 Å². The van der Waals surface area contributed by atoms with Gasteiger partial charge < -0.3 is 11.5 Å². The number of thiocarbonyl (C=S) groups is 1. The molecule has 0 spiro atoms. The Bertz CT molecular complexity index is 479. The number of aromatic nitrogens is 2. The zero-order chi connectivity index (χ0) is 12.1. The number of para-hydroxylation sites is 2. The van der Waals surface area contributed by atoms with Crippen molar-refractivity contribution in [1.29, 1.82) is 0 Å². The molecule has 0 unspecified atom stereocenters. The predicted octanol–water partition coefficient (Wildman–Crippen LogP) is 1.62. The summed E-state index contributed by atoms with van der Waals surface area (Å²) < 4.78 is 25.3. The molecule has 16 heavy (non-hydrogen) atoms. The van der Waals surface area contributed by atoms with E-state index in [4.69, 9.17) is 0 Å². The van der Waals surface area contributed by atoms with Gasteiger partial charge in [0.2, 0.25) is 0 Å². The third kappa shape index (κ3) is 3.13. The second-order valence-corrected chi connectivity index (χ2v) is 3.29. The highest BCUT2D eigenvalue weighted by Crippen LogP contribution is 2.18. The minimum atomic E-state index is -2.52. The van der Waals surface area contributed by atoms with Crippen molar-refractivity contribution in [2.24, 2.45) is 11.5 Å². The Morgan fingerprint density at radius 2 is 1.88 bits per heavy atom. The van der Waals surface area contributed by atoms with Gasteiger partial charge in [0.25, 0.3) is 0 Å². The third-order valence-electron chi connectivity index (χ3n) is 1.69. The molecule has 0 fully saturated rings. The van der Waals surface area contributed by atoms with Gasteiger partial charge in [-0.3, -0.25) is 4.57 Å². The summed E-state index contributed by atoms with van der Waals surface area (Å²) in [7, 11) is 0. The SMILES string of the molecule is FC(F)n1cnc2ccccc21.NC(N)=S. The standard InChI is InChI=1S/C8H6F2N2.CH4N2S/c9-8(10)12-5-11-6-3-1-2-4-7(6)12;2-1(3)4/h1-5,8H;(H4,2,3,4). The molecule has 0 saturated carbocycles. The number of nitrogens with two attached hydrogens (primary N) is 2. The first-order valence-electron chi connectivity index (χ1n) is 4.27. The van der Waals surface area contributed by atoms with Crippen molar-refractivity contribution < 1.29 is 8.78 Å².